The molecule has 1 aliphatic rings. The molecule has 0 unspecified atom stereocenters. The molecule has 1 saturated heterocycles. The summed E-state index contributed by atoms with van der Waals surface area (Å²) in [6.07, 6.45) is 0. The third kappa shape index (κ3) is 2.90. The lowest BCUT2D eigenvalue weighted by atomic mass is 10.0. The Morgan fingerprint density at radius 3 is 2.21 bits per heavy atom. The van der Waals surface area contributed by atoms with Gasteiger partial charge in [-0.2, -0.15) is 0 Å². The SMILES string of the molecule is CNC#CC(C)(C)N1CCN(C)CC1. The molecule has 1 aliphatic heterocycles. The van der Waals surface area contributed by atoms with Gasteiger partial charge < -0.3 is 10.2 Å². The van der Waals surface area contributed by atoms with Crippen LogP contribution in [0.2, 0.25) is 0 Å². The first kappa shape index (κ1) is 11.4. The van der Waals surface area contributed by atoms with Gasteiger partial charge in [0.15, 0.2) is 0 Å². The van der Waals surface area contributed by atoms with E-state index in [2.05, 4.69) is 48.0 Å². The number of hydrogen-bond acceptors (Lipinski definition) is 3. The molecule has 0 atom stereocenters. The van der Waals surface area contributed by atoms with E-state index >= 15 is 0 Å². The topological polar surface area (TPSA) is 18.5 Å². The van der Waals surface area contributed by atoms with E-state index in [1.807, 2.05) is 7.05 Å². The molecule has 0 aromatic rings. The summed E-state index contributed by atoms with van der Waals surface area (Å²) in [7, 11) is 4.02. The molecule has 0 radical (unpaired) electrons. The average Bonchev–Trinajstić information content (AvgIpc) is 2.16. The second-order valence-electron chi connectivity index (χ2n) is 4.35. The summed E-state index contributed by atoms with van der Waals surface area (Å²) in [5.74, 6) is 3.24. The highest BCUT2D eigenvalue weighted by Crippen LogP contribution is 2.15. The number of hydrogen-bond donors (Lipinski definition) is 1. The Bertz CT molecular complexity index is 229. The van der Waals surface area contributed by atoms with Gasteiger partial charge in [-0.05, 0) is 20.9 Å². The Hall–Kier alpha value is -0.720. The second kappa shape index (κ2) is 4.68. The minimum atomic E-state index is -0.00965. The van der Waals surface area contributed by atoms with E-state index in [1.165, 1.54) is 0 Å². The highest BCUT2D eigenvalue weighted by molar-refractivity contribution is 5.14. The van der Waals surface area contributed by atoms with Crippen molar-refractivity contribution in [3.63, 3.8) is 0 Å². The lowest BCUT2D eigenvalue weighted by Gasteiger charge is -2.40. The minimum absolute atomic E-state index is 0.00965. The number of likely N-dealkylation sites (N-methyl/N-ethyl adjacent to an activating group) is 1. The van der Waals surface area contributed by atoms with Crippen LogP contribution in [0, 0.1) is 12.0 Å². The third-order valence-corrected chi connectivity index (χ3v) is 2.79. The van der Waals surface area contributed by atoms with Gasteiger partial charge in [0, 0.05) is 39.3 Å². The van der Waals surface area contributed by atoms with Crippen molar-refractivity contribution in [3.05, 3.63) is 0 Å². The molecular weight excluding hydrogens is 174 g/mol. The summed E-state index contributed by atoms with van der Waals surface area (Å²) in [4.78, 5) is 4.80. The summed E-state index contributed by atoms with van der Waals surface area (Å²) < 4.78 is 0. The van der Waals surface area contributed by atoms with E-state index in [4.69, 9.17) is 0 Å². The Morgan fingerprint density at radius 1 is 1.14 bits per heavy atom. The number of rotatable bonds is 1. The molecule has 3 nitrogen and oxygen atoms in total. The standard InChI is InChI=1S/C11H21N3/c1-11(2,5-6-12-3)14-9-7-13(4)8-10-14/h12H,7-10H2,1-4H3. The summed E-state index contributed by atoms with van der Waals surface area (Å²) in [6, 6.07) is 2.94. The minimum Gasteiger partial charge on any atom is -0.349 e. The monoisotopic (exact) mass is 195 g/mol. The maximum Gasteiger partial charge on any atom is 0.0788 e. The van der Waals surface area contributed by atoms with Crippen molar-refractivity contribution in [2.45, 2.75) is 19.4 Å². The van der Waals surface area contributed by atoms with Crippen LogP contribution in [-0.4, -0.2) is 55.6 Å². The van der Waals surface area contributed by atoms with Gasteiger partial charge in [-0.1, -0.05) is 5.92 Å². The van der Waals surface area contributed by atoms with Gasteiger partial charge in [0.25, 0.3) is 0 Å². The Labute approximate surface area is 87.5 Å². The Morgan fingerprint density at radius 2 is 1.71 bits per heavy atom. The van der Waals surface area contributed by atoms with E-state index in [0.717, 1.165) is 26.2 Å². The van der Waals surface area contributed by atoms with Crippen LogP contribution >= 0.6 is 0 Å². The normalized spacial score (nSPS) is 20.0. The molecule has 1 fully saturated rings. The average molecular weight is 195 g/mol. The first-order valence-corrected chi connectivity index (χ1v) is 5.19. The fourth-order valence-electron chi connectivity index (χ4n) is 1.66. The zero-order valence-corrected chi connectivity index (χ0v) is 9.72. The molecule has 0 amide bonds. The van der Waals surface area contributed by atoms with Gasteiger partial charge in [0.1, 0.15) is 0 Å². The van der Waals surface area contributed by atoms with Crippen LogP contribution in [0.25, 0.3) is 0 Å². The molecule has 0 aromatic heterocycles. The summed E-state index contributed by atoms with van der Waals surface area (Å²) in [6.45, 7) is 8.88. The lowest BCUT2D eigenvalue weighted by Crippen LogP contribution is -2.53. The van der Waals surface area contributed by atoms with Crippen LogP contribution in [0.4, 0.5) is 0 Å². The maximum atomic E-state index is 3.24. The van der Waals surface area contributed by atoms with Gasteiger partial charge >= 0.3 is 0 Å². The lowest BCUT2D eigenvalue weighted by molar-refractivity contribution is 0.0945. The molecule has 0 saturated carbocycles. The van der Waals surface area contributed by atoms with Crippen molar-refractivity contribution in [3.8, 4) is 12.0 Å². The molecule has 80 valence electrons. The molecule has 3 heteroatoms. The predicted octanol–water partition coefficient (Wildman–Crippen LogP) is 0.193. The largest absolute Gasteiger partial charge is 0.349 e. The van der Waals surface area contributed by atoms with Gasteiger partial charge in [-0.15, -0.1) is 0 Å². The van der Waals surface area contributed by atoms with Crippen LogP contribution in [0.3, 0.4) is 0 Å². The first-order chi connectivity index (χ1) is 6.56. The smallest absolute Gasteiger partial charge is 0.0788 e. The third-order valence-electron chi connectivity index (χ3n) is 2.79. The van der Waals surface area contributed by atoms with E-state index in [-0.39, 0.29) is 5.54 Å². The van der Waals surface area contributed by atoms with Crippen LogP contribution in [0.5, 0.6) is 0 Å². The van der Waals surface area contributed by atoms with Crippen LogP contribution in [-0.2, 0) is 0 Å². The van der Waals surface area contributed by atoms with Gasteiger partial charge in [0.2, 0.25) is 0 Å². The predicted molar refractivity (Wildman–Crippen MR) is 60.0 cm³/mol. The molecule has 1 heterocycles. The van der Waals surface area contributed by atoms with Crippen LogP contribution < -0.4 is 5.32 Å². The summed E-state index contributed by atoms with van der Waals surface area (Å²) in [5.41, 5.74) is -0.00965. The van der Waals surface area contributed by atoms with Gasteiger partial charge in [0.05, 0.1) is 5.54 Å². The van der Waals surface area contributed by atoms with Crippen molar-refractivity contribution in [2.75, 3.05) is 40.3 Å². The molecular formula is C11H21N3. The molecule has 0 bridgehead atoms. The van der Waals surface area contributed by atoms with E-state index in [1.54, 1.807) is 0 Å². The van der Waals surface area contributed by atoms with Crippen molar-refractivity contribution in [1.29, 1.82) is 0 Å². The number of nitrogens with one attached hydrogen (secondary N) is 1. The zero-order valence-electron chi connectivity index (χ0n) is 9.72. The van der Waals surface area contributed by atoms with Crippen molar-refractivity contribution in [2.24, 2.45) is 0 Å². The second-order valence-corrected chi connectivity index (χ2v) is 4.35. The fraction of sp³-hybridized carbons (Fsp3) is 0.818. The molecule has 0 aliphatic carbocycles. The number of piperazine rings is 1. The Kier molecular flexibility index (Phi) is 3.79. The van der Waals surface area contributed by atoms with E-state index in [0.29, 0.717) is 0 Å². The zero-order chi connectivity index (χ0) is 10.6. The van der Waals surface area contributed by atoms with Crippen LogP contribution in [0.1, 0.15) is 13.8 Å². The van der Waals surface area contributed by atoms with E-state index in [9.17, 15) is 0 Å². The van der Waals surface area contributed by atoms with E-state index < -0.39 is 0 Å². The fourth-order valence-corrected chi connectivity index (χ4v) is 1.66. The molecule has 0 spiro atoms. The molecule has 0 aromatic carbocycles. The van der Waals surface area contributed by atoms with Crippen LogP contribution in [0.15, 0.2) is 0 Å². The van der Waals surface area contributed by atoms with Crippen molar-refractivity contribution in [1.82, 2.24) is 15.1 Å². The molecule has 1 N–H and O–H groups in total. The summed E-state index contributed by atoms with van der Waals surface area (Å²) >= 11 is 0. The van der Waals surface area contributed by atoms with Gasteiger partial charge in [-0.3, -0.25) is 4.90 Å². The molecule has 14 heavy (non-hydrogen) atoms. The van der Waals surface area contributed by atoms with Crippen molar-refractivity contribution >= 4 is 0 Å². The molecule has 1 rings (SSSR count). The number of nitrogens with zero attached hydrogens (tertiary/aromatic N) is 2. The van der Waals surface area contributed by atoms with Gasteiger partial charge in [-0.25, -0.2) is 0 Å². The highest BCUT2D eigenvalue weighted by atomic mass is 15.3. The quantitative estimate of drug-likeness (QED) is 0.476. The highest BCUT2D eigenvalue weighted by Gasteiger charge is 2.27. The van der Waals surface area contributed by atoms with Crippen molar-refractivity contribution < 1.29 is 0 Å². The maximum absolute atomic E-state index is 3.24. The summed E-state index contributed by atoms with van der Waals surface area (Å²) in [5, 5.41) is 2.87. The Balaban J connectivity index is 2.55. The first-order valence-electron chi connectivity index (χ1n) is 5.19.